The predicted octanol–water partition coefficient (Wildman–Crippen LogP) is 1.75. The van der Waals surface area contributed by atoms with Gasteiger partial charge >= 0.3 is 0 Å². The molecule has 1 saturated carbocycles. The Morgan fingerprint density at radius 1 is 1.29 bits per heavy atom. The van der Waals surface area contributed by atoms with Gasteiger partial charge in [-0.2, -0.15) is 0 Å². The number of nitrogen functional groups attached to an aromatic ring is 1. The highest BCUT2D eigenvalue weighted by atomic mass is 16.2. The van der Waals surface area contributed by atoms with Crippen LogP contribution in [0.1, 0.15) is 26.2 Å². The van der Waals surface area contributed by atoms with Crippen molar-refractivity contribution < 1.29 is 4.79 Å². The topological polar surface area (TPSA) is 62.5 Å². The van der Waals surface area contributed by atoms with Crippen LogP contribution < -0.4 is 10.6 Å². The Morgan fingerprint density at radius 2 is 2.05 bits per heavy atom. The summed E-state index contributed by atoms with van der Waals surface area (Å²) in [6, 6.07) is 1.95. The summed E-state index contributed by atoms with van der Waals surface area (Å²) in [5.41, 5.74) is 7.72. The number of nitrogens with zero attached hydrogens (tertiary/aromatic N) is 3. The molecule has 1 saturated heterocycles. The van der Waals surface area contributed by atoms with Gasteiger partial charge in [-0.1, -0.05) is 13.3 Å². The molecule has 21 heavy (non-hydrogen) atoms. The lowest BCUT2D eigenvalue weighted by Gasteiger charge is -2.38. The van der Waals surface area contributed by atoms with Crippen LogP contribution in [0.5, 0.6) is 0 Å². The zero-order valence-electron chi connectivity index (χ0n) is 12.7. The zero-order valence-corrected chi connectivity index (χ0v) is 12.7. The summed E-state index contributed by atoms with van der Waals surface area (Å²) in [4.78, 5) is 20.9. The number of piperazine rings is 1. The highest BCUT2D eigenvalue weighted by Crippen LogP contribution is 2.33. The maximum atomic E-state index is 12.6. The second-order valence-corrected chi connectivity index (χ2v) is 6.26. The van der Waals surface area contributed by atoms with E-state index in [1.165, 1.54) is 12.8 Å². The van der Waals surface area contributed by atoms with Crippen molar-refractivity contribution in [3.63, 3.8) is 0 Å². The molecule has 1 amide bonds. The molecule has 2 unspecified atom stereocenters. The van der Waals surface area contributed by atoms with Gasteiger partial charge in [0.15, 0.2) is 0 Å². The molecule has 0 radical (unpaired) electrons. The van der Waals surface area contributed by atoms with Crippen molar-refractivity contribution in [1.29, 1.82) is 0 Å². The van der Waals surface area contributed by atoms with Crippen LogP contribution in [0, 0.1) is 11.8 Å². The lowest BCUT2D eigenvalue weighted by molar-refractivity contribution is -0.136. The minimum atomic E-state index is 0.252. The molecule has 1 aromatic rings. The van der Waals surface area contributed by atoms with E-state index in [2.05, 4.69) is 16.8 Å². The third-order valence-corrected chi connectivity index (χ3v) is 4.94. The highest BCUT2D eigenvalue weighted by Gasteiger charge is 2.34. The van der Waals surface area contributed by atoms with Crippen LogP contribution in [0.25, 0.3) is 0 Å². The average Bonchev–Trinajstić information content (AvgIpc) is 2.93. The Balaban J connectivity index is 1.60. The first kappa shape index (κ1) is 14.2. The maximum absolute atomic E-state index is 12.6. The Morgan fingerprint density at radius 3 is 2.67 bits per heavy atom. The summed E-state index contributed by atoms with van der Waals surface area (Å²) in [6.45, 7) is 5.50. The number of hydrogen-bond acceptors (Lipinski definition) is 4. The number of anilines is 2. The Kier molecular flexibility index (Phi) is 3.99. The molecular formula is C16H24N4O. The SMILES string of the molecule is CC1CCCC1C(=O)N1CCN(c2ccncc2N)CC1. The maximum Gasteiger partial charge on any atom is 0.226 e. The third-order valence-electron chi connectivity index (χ3n) is 4.94. The molecule has 2 fully saturated rings. The van der Waals surface area contributed by atoms with Crippen LogP contribution >= 0.6 is 0 Å². The van der Waals surface area contributed by atoms with Crippen molar-refractivity contribution in [2.24, 2.45) is 11.8 Å². The van der Waals surface area contributed by atoms with E-state index < -0.39 is 0 Å². The lowest BCUT2D eigenvalue weighted by atomic mass is 9.96. The number of carbonyl (C=O) groups is 1. The number of rotatable bonds is 2. The molecule has 0 aromatic carbocycles. The number of nitrogens with two attached hydrogens (primary N) is 1. The number of pyridine rings is 1. The van der Waals surface area contributed by atoms with Crippen LogP contribution in [0.2, 0.25) is 0 Å². The normalized spacial score (nSPS) is 26.1. The molecular weight excluding hydrogens is 264 g/mol. The third kappa shape index (κ3) is 2.82. The van der Waals surface area contributed by atoms with Gasteiger partial charge in [-0.3, -0.25) is 9.78 Å². The minimum Gasteiger partial charge on any atom is -0.396 e. The van der Waals surface area contributed by atoms with Gasteiger partial charge in [0.2, 0.25) is 5.91 Å². The van der Waals surface area contributed by atoms with Crippen LogP contribution in [-0.2, 0) is 4.79 Å². The first-order chi connectivity index (χ1) is 10.2. The van der Waals surface area contributed by atoms with Gasteiger partial charge in [-0.15, -0.1) is 0 Å². The van der Waals surface area contributed by atoms with Crippen LogP contribution in [-0.4, -0.2) is 42.0 Å². The molecule has 5 nitrogen and oxygen atoms in total. The predicted molar refractivity (Wildman–Crippen MR) is 83.9 cm³/mol. The Labute approximate surface area is 126 Å². The molecule has 2 N–H and O–H groups in total. The van der Waals surface area contributed by atoms with E-state index in [4.69, 9.17) is 5.73 Å². The molecule has 1 aliphatic carbocycles. The fourth-order valence-corrected chi connectivity index (χ4v) is 3.60. The lowest BCUT2D eigenvalue weighted by Crippen LogP contribution is -2.50. The van der Waals surface area contributed by atoms with E-state index in [9.17, 15) is 4.79 Å². The quantitative estimate of drug-likeness (QED) is 0.900. The molecule has 1 aromatic heterocycles. The number of hydrogen-bond donors (Lipinski definition) is 1. The largest absolute Gasteiger partial charge is 0.396 e. The van der Waals surface area contributed by atoms with Gasteiger partial charge in [0.05, 0.1) is 17.6 Å². The van der Waals surface area contributed by atoms with E-state index in [-0.39, 0.29) is 5.92 Å². The zero-order chi connectivity index (χ0) is 14.8. The molecule has 3 rings (SSSR count). The summed E-state index contributed by atoms with van der Waals surface area (Å²) >= 11 is 0. The average molecular weight is 288 g/mol. The van der Waals surface area contributed by atoms with Gasteiger partial charge in [-0.05, 0) is 24.8 Å². The van der Waals surface area contributed by atoms with Crippen molar-refractivity contribution >= 4 is 17.3 Å². The van der Waals surface area contributed by atoms with Crippen molar-refractivity contribution in [2.75, 3.05) is 36.8 Å². The molecule has 5 heteroatoms. The molecule has 2 heterocycles. The summed E-state index contributed by atoms with van der Waals surface area (Å²) in [5, 5.41) is 0. The second kappa shape index (κ2) is 5.92. The van der Waals surface area contributed by atoms with E-state index in [1.54, 1.807) is 12.4 Å². The summed E-state index contributed by atoms with van der Waals surface area (Å²) in [5.74, 6) is 1.16. The van der Waals surface area contributed by atoms with Gasteiger partial charge in [-0.25, -0.2) is 0 Å². The van der Waals surface area contributed by atoms with Gasteiger partial charge < -0.3 is 15.5 Å². The Bertz CT molecular complexity index is 511. The van der Waals surface area contributed by atoms with E-state index >= 15 is 0 Å². The number of amides is 1. The number of carbonyl (C=O) groups excluding carboxylic acids is 1. The van der Waals surface area contributed by atoms with Crippen LogP contribution in [0.3, 0.4) is 0 Å². The standard InChI is InChI=1S/C16H24N4O/c1-12-3-2-4-13(12)16(21)20-9-7-19(8-10-20)15-5-6-18-11-14(15)17/h5-6,11-13H,2-4,7-10,17H2,1H3. The molecule has 2 aliphatic rings. The summed E-state index contributed by atoms with van der Waals surface area (Å²) in [7, 11) is 0. The first-order valence-corrected chi connectivity index (χ1v) is 7.90. The molecule has 114 valence electrons. The smallest absolute Gasteiger partial charge is 0.226 e. The van der Waals surface area contributed by atoms with E-state index in [0.29, 0.717) is 17.5 Å². The second-order valence-electron chi connectivity index (χ2n) is 6.26. The van der Waals surface area contributed by atoms with Crippen molar-refractivity contribution in [2.45, 2.75) is 26.2 Å². The van der Waals surface area contributed by atoms with Crippen molar-refractivity contribution in [1.82, 2.24) is 9.88 Å². The fourth-order valence-electron chi connectivity index (χ4n) is 3.60. The fraction of sp³-hybridized carbons (Fsp3) is 0.625. The highest BCUT2D eigenvalue weighted by molar-refractivity contribution is 5.80. The van der Waals surface area contributed by atoms with Crippen LogP contribution in [0.15, 0.2) is 18.5 Å². The van der Waals surface area contributed by atoms with Crippen LogP contribution in [0.4, 0.5) is 11.4 Å². The number of aromatic nitrogens is 1. The molecule has 0 spiro atoms. The molecule has 1 aliphatic heterocycles. The van der Waals surface area contributed by atoms with Crippen molar-refractivity contribution in [3.8, 4) is 0 Å². The van der Waals surface area contributed by atoms with Gasteiger partial charge in [0.25, 0.3) is 0 Å². The summed E-state index contributed by atoms with van der Waals surface area (Å²) < 4.78 is 0. The van der Waals surface area contributed by atoms with Crippen molar-refractivity contribution in [3.05, 3.63) is 18.5 Å². The molecule has 0 bridgehead atoms. The molecule has 2 atom stereocenters. The van der Waals surface area contributed by atoms with E-state index in [1.807, 2.05) is 11.0 Å². The monoisotopic (exact) mass is 288 g/mol. The van der Waals surface area contributed by atoms with Gasteiger partial charge in [0, 0.05) is 38.3 Å². The Hall–Kier alpha value is -1.78. The minimum absolute atomic E-state index is 0.252. The van der Waals surface area contributed by atoms with E-state index in [0.717, 1.165) is 38.3 Å². The summed E-state index contributed by atoms with van der Waals surface area (Å²) in [6.07, 6.45) is 6.92. The first-order valence-electron chi connectivity index (χ1n) is 7.90. The van der Waals surface area contributed by atoms with Gasteiger partial charge in [0.1, 0.15) is 0 Å².